The van der Waals surface area contributed by atoms with Gasteiger partial charge in [0.15, 0.2) is 0 Å². The van der Waals surface area contributed by atoms with Crippen molar-refractivity contribution in [2.24, 2.45) is 0 Å². The van der Waals surface area contributed by atoms with Crippen molar-refractivity contribution in [2.45, 2.75) is 23.3 Å². The number of anilines is 1. The fraction of sp³-hybridized carbons (Fsp3) is 0.250. The van der Waals surface area contributed by atoms with Crippen LogP contribution in [-0.2, 0) is 10.0 Å². The van der Waals surface area contributed by atoms with Crippen LogP contribution in [0, 0.1) is 0 Å². The summed E-state index contributed by atoms with van der Waals surface area (Å²) in [7, 11) is -3.61. The number of pyridine rings is 1. The molecule has 0 fully saturated rings. The third-order valence-electron chi connectivity index (χ3n) is 3.21. The highest BCUT2D eigenvalue weighted by atomic mass is 32.2. The smallest absolute Gasteiger partial charge is 0.274 e. The molecule has 1 aliphatic rings. The summed E-state index contributed by atoms with van der Waals surface area (Å²) in [6, 6.07) is 4.37. The Kier molecular flexibility index (Phi) is 2.84. The summed E-state index contributed by atoms with van der Waals surface area (Å²) in [6.45, 7) is 1.70. The molecule has 0 amide bonds. The number of nitrogens with zero attached hydrogens (tertiary/aromatic N) is 2. The molecular formula is C12H12N2O3S2. The quantitative estimate of drug-likeness (QED) is 0.870. The Morgan fingerprint density at radius 1 is 1.32 bits per heavy atom. The van der Waals surface area contributed by atoms with Crippen LogP contribution in [-0.4, -0.2) is 24.6 Å². The van der Waals surface area contributed by atoms with Gasteiger partial charge in [-0.25, -0.2) is 8.42 Å². The van der Waals surface area contributed by atoms with E-state index < -0.39 is 22.2 Å². The van der Waals surface area contributed by atoms with E-state index in [0.29, 0.717) is 11.3 Å². The van der Waals surface area contributed by atoms with Crippen LogP contribution in [0.5, 0.6) is 0 Å². The van der Waals surface area contributed by atoms with Gasteiger partial charge in [0.1, 0.15) is 10.3 Å². The fourth-order valence-electron chi connectivity index (χ4n) is 2.30. The minimum absolute atomic E-state index is 0.218. The number of sulfonamides is 1. The van der Waals surface area contributed by atoms with Crippen LogP contribution in [0.15, 0.2) is 40.2 Å². The third-order valence-corrected chi connectivity index (χ3v) is 6.62. The van der Waals surface area contributed by atoms with Gasteiger partial charge >= 0.3 is 0 Å². The number of hydrogen-bond donors (Lipinski definition) is 1. The van der Waals surface area contributed by atoms with Gasteiger partial charge in [-0.3, -0.25) is 9.29 Å². The third kappa shape index (κ3) is 1.77. The van der Waals surface area contributed by atoms with Crippen LogP contribution in [0.2, 0.25) is 0 Å². The van der Waals surface area contributed by atoms with Crippen molar-refractivity contribution < 1.29 is 13.5 Å². The molecule has 2 aromatic rings. The topological polar surface area (TPSA) is 70.5 Å². The highest BCUT2D eigenvalue weighted by molar-refractivity contribution is 7.94. The first-order valence-electron chi connectivity index (χ1n) is 5.73. The molecule has 3 heterocycles. The molecule has 0 aromatic carbocycles. The first-order chi connectivity index (χ1) is 9.03. The van der Waals surface area contributed by atoms with Crippen LogP contribution in [0.25, 0.3) is 0 Å². The van der Waals surface area contributed by atoms with Crippen molar-refractivity contribution in [1.29, 1.82) is 0 Å². The van der Waals surface area contributed by atoms with Gasteiger partial charge in [0.2, 0.25) is 0 Å². The molecule has 7 heteroatoms. The molecule has 2 aromatic heterocycles. The first-order valence-corrected chi connectivity index (χ1v) is 8.05. The molecule has 1 N–H and O–H groups in total. The second kappa shape index (κ2) is 4.29. The predicted molar refractivity (Wildman–Crippen MR) is 72.6 cm³/mol. The molecule has 1 aliphatic heterocycles. The number of thiophene rings is 1. The number of aliphatic hydroxyl groups excluding tert-OH is 1. The lowest BCUT2D eigenvalue weighted by Gasteiger charge is -2.37. The Balaban J connectivity index is 2.22. The van der Waals surface area contributed by atoms with Crippen molar-refractivity contribution in [3.05, 3.63) is 41.5 Å². The van der Waals surface area contributed by atoms with Crippen molar-refractivity contribution in [3.8, 4) is 0 Å². The second-order valence-electron chi connectivity index (χ2n) is 4.36. The van der Waals surface area contributed by atoms with Gasteiger partial charge in [-0.1, -0.05) is 0 Å². The summed E-state index contributed by atoms with van der Waals surface area (Å²) in [6.07, 6.45) is 2.25. The molecular weight excluding hydrogens is 284 g/mol. The molecule has 3 rings (SSSR count). The van der Waals surface area contributed by atoms with Gasteiger partial charge in [-0.15, -0.1) is 11.3 Å². The molecule has 0 spiro atoms. The molecule has 0 bridgehead atoms. The van der Waals surface area contributed by atoms with Gasteiger partial charge < -0.3 is 5.11 Å². The monoisotopic (exact) mass is 296 g/mol. The van der Waals surface area contributed by atoms with E-state index in [0.717, 1.165) is 11.3 Å². The van der Waals surface area contributed by atoms with Crippen molar-refractivity contribution >= 4 is 27.0 Å². The Labute approximate surface area is 115 Å². The van der Waals surface area contributed by atoms with Crippen LogP contribution in [0.3, 0.4) is 0 Å². The molecule has 0 radical (unpaired) electrons. The second-order valence-corrected chi connectivity index (χ2v) is 7.28. The van der Waals surface area contributed by atoms with Gasteiger partial charge in [-0.05, 0) is 30.5 Å². The highest BCUT2D eigenvalue weighted by Gasteiger charge is 2.42. The van der Waals surface area contributed by atoms with Crippen molar-refractivity contribution in [2.75, 3.05) is 4.31 Å². The lowest BCUT2D eigenvalue weighted by Crippen LogP contribution is -2.45. The summed E-state index contributed by atoms with van der Waals surface area (Å²) in [5.41, 5.74) is 1.00. The molecule has 2 unspecified atom stereocenters. The lowest BCUT2D eigenvalue weighted by atomic mass is 10.1. The Morgan fingerprint density at radius 2 is 2.00 bits per heavy atom. The lowest BCUT2D eigenvalue weighted by molar-refractivity contribution is 0.149. The van der Waals surface area contributed by atoms with E-state index in [1.807, 2.05) is 0 Å². The number of rotatable bonds is 1. The molecule has 2 atom stereocenters. The minimum atomic E-state index is -3.61. The van der Waals surface area contributed by atoms with E-state index in [2.05, 4.69) is 4.98 Å². The standard InChI is InChI=1S/C12H12N2O3S2/c1-8-11(15)10-4-7-18-12(10)19(16,17)14(8)9-2-5-13-6-3-9/h2-8,11,15H,1H3. The molecule has 0 saturated heterocycles. The average Bonchev–Trinajstić information content (AvgIpc) is 2.88. The van der Waals surface area contributed by atoms with Crippen LogP contribution < -0.4 is 4.31 Å². The van der Waals surface area contributed by atoms with Gasteiger partial charge in [0.25, 0.3) is 10.0 Å². The first kappa shape index (κ1) is 12.6. The number of hydrogen-bond acceptors (Lipinski definition) is 5. The van der Waals surface area contributed by atoms with Gasteiger partial charge in [0.05, 0.1) is 11.7 Å². The molecule has 19 heavy (non-hydrogen) atoms. The summed E-state index contributed by atoms with van der Waals surface area (Å²) >= 11 is 1.13. The zero-order valence-electron chi connectivity index (χ0n) is 10.1. The Morgan fingerprint density at radius 3 is 2.68 bits per heavy atom. The maximum atomic E-state index is 12.6. The van der Waals surface area contributed by atoms with E-state index in [1.165, 1.54) is 16.7 Å². The van der Waals surface area contributed by atoms with Crippen molar-refractivity contribution in [1.82, 2.24) is 4.98 Å². The summed E-state index contributed by atoms with van der Waals surface area (Å²) in [4.78, 5) is 3.88. The largest absolute Gasteiger partial charge is 0.386 e. The average molecular weight is 296 g/mol. The maximum Gasteiger partial charge on any atom is 0.274 e. The molecule has 100 valence electrons. The van der Waals surface area contributed by atoms with E-state index >= 15 is 0 Å². The Hall–Kier alpha value is -1.44. The van der Waals surface area contributed by atoms with E-state index in [1.54, 1.807) is 30.5 Å². The predicted octanol–water partition coefficient (Wildman–Crippen LogP) is 1.77. The summed E-state index contributed by atoms with van der Waals surface area (Å²) < 4.78 is 26.7. The highest BCUT2D eigenvalue weighted by Crippen LogP contribution is 2.41. The molecule has 0 aliphatic carbocycles. The van der Waals surface area contributed by atoms with E-state index in [4.69, 9.17) is 0 Å². The summed E-state index contributed by atoms with van der Waals surface area (Å²) in [5.74, 6) is 0. The van der Waals surface area contributed by atoms with Crippen LogP contribution in [0.1, 0.15) is 18.6 Å². The maximum absolute atomic E-state index is 12.6. The van der Waals surface area contributed by atoms with E-state index in [9.17, 15) is 13.5 Å². The van der Waals surface area contributed by atoms with E-state index in [-0.39, 0.29) is 4.21 Å². The van der Waals surface area contributed by atoms with Crippen LogP contribution in [0.4, 0.5) is 5.69 Å². The number of aliphatic hydroxyl groups is 1. The van der Waals surface area contributed by atoms with Gasteiger partial charge in [-0.2, -0.15) is 0 Å². The number of fused-ring (bicyclic) bond motifs is 1. The molecule has 0 saturated carbocycles. The molecule has 5 nitrogen and oxygen atoms in total. The van der Waals surface area contributed by atoms with Gasteiger partial charge in [0, 0.05) is 18.0 Å². The SMILES string of the molecule is CC1C(O)c2ccsc2S(=O)(=O)N1c1ccncc1. The zero-order chi connectivity index (χ0) is 13.6. The fourth-order valence-corrected chi connectivity index (χ4v) is 5.47. The zero-order valence-corrected chi connectivity index (χ0v) is 11.7. The number of aromatic nitrogens is 1. The Bertz CT molecular complexity index is 697. The summed E-state index contributed by atoms with van der Waals surface area (Å²) in [5, 5.41) is 12.0. The van der Waals surface area contributed by atoms with Crippen molar-refractivity contribution in [3.63, 3.8) is 0 Å². The normalized spacial score (nSPS) is 25.1. The minimum Gasteiger partial charge on any atom is -0.386 e. The van der Waals surface area contributed by atoms with Crippen LogP contribution >= 0.6 is 11.3 Å².